The smallest absolute Gasteiger partial charge is 0.181 e. The van der Waals surface area contributed by atoms with Gasteiger partial charge in [-0.05, 0) is 0 Å². The van der Waals surface area contributed by atoms with Crippen LogP contribution in [0.2, 0.25) is 0 Å². The van der Waals surface area contributed by atoms with Gasteiger partial charge in [0.2, 0.25) is 0 Å². The molecule has 0 amide bonds. The summed E-state index contributed by atoms with van der Waals surface area (Å²) in [7, 11) is 0. The highest BCUT2D eigenvalue weighted by Crippen LogP contribution is 2.22. The van der Waals surface area contributed by atoms with E-state index in [1.807, 2.05) is 13.8 Å². The van der Waals surface area contributed by atoms with Crippen LogP contribution in [0.5, 0.6) is 0 Å². The van der Waals surface area contributed by atoms with Crippen LogP contribution in [0.15, 0.2) is 11.7 Å². The molecule has 3 nitrogen and oxygen atoms in total. The fraction of sp³-hybridized carbons (Fsp3) is 0.500. The SMILES string of the molecule is CC(C)(CN)C(=O)c1cncs1. The van der Waals surface area contributed by atoms with Crippen LogP contribution in [0.4, 0.5) is 0 Å². The van der Waals surface area contributed by atoms with Gasteiger partial charge in [-0.2, -0.15) is 0 Å². The lowest BCUT2D eigenvalue weighted by Crippen LogP contribution is -2.32. The molecule has 0 aromatic carbocycles. The summed E-state index contributed by atoms with van der Waals surface area (Å²) in [6, 6.07) is 0. The Kier molecular flexibility index (Phi) is 2.59. The molecule has 0 aliphatic heterocycles. The number of nitrogens with two attached hydrogens (primary N) is 1. The van der Waals surface area contributed by atoms with Crippen LogP contribution in [0, 0.1) is 5.41 Å². The normalized spacial score (nSPS) is 11.6. The fourth-order valence-electron chi connectivity index (χ4n) is 0.754. The second-order valence-corrected chi connectivity index (χ2v) is 4.17. The predicted octanol–water partition coefficient (Wildman–Crippen LogP) is 1.31. The number of Topliss-reactive ketones (excluding diaryl/α,β-unsaturated/α-hetero) is 1. The van der Waals surface area contributed by atoms with Gasteiger partial charge in [0, 0.05) is 18.2 Å². The molecule has 1 aromatic rings. The Morgan fingerprint density at radius 2 is 2.42 bits per heavy atom. The number of rotatable bonds is 3. The van der Waals surface area contributed by atoms with E-state index in [2.05, 4.69) is 4.98 Å². The van der Waals surface area contributed by atoms with E-state index < -0.39 is 5.41 Å². The molecule has 0 saturated carbocycles. The van der Waals surface area contributed by atoms with Gasteiger partial charge in [-0.25, -0.2) is 0 Å². The van der Waals surface area contributed by atoms with Gasteiger partial charge in [0.15, 0.2) is 5.78 Å². The van der Waals surface area contributed by atoms with Crippen molar-refractivity contribution in [3.05, 3.63) is 16.6 Å². The van der Waals surface area contributed by atoms with Crippen molar-refractivity contribution in [3.8, 4) is 0 Å². The molecule has 0 spiro atoms. The van der Waals surface area contributed by atoms with Crippen molar-refractivity contribution in [1.82, 2.24) is 4.98 Å². The van der Waals surface area contributed by atoms with E-state index in [9.17, 15) is 4.79 Å². The molecule has 12 heavy (non-hydrogen) atoms. The molecule has 4 heteroatoms. The van der Waals surface area contributed by atoms with Crippen LogP contribution in [0.25, 0.3) is 0 Å². The summed E-state index contributed by atoms with van der Waals surface area (Å²) in [5.41, 5.74) is 6.66. The minimum Gasteiger partial charge on any atom is -0.329 e. The lowest BCUT2D eigenvalue weighted by atomic mass is 9.88. The Balaban J connectivity index is 2.86. The van der Waals surface area contributed by atoms with E-state index in [4.69, 9.17) is 5.73 Å². The van der Waals surface area contributed by atoms with E-state index >= 15 is 0 Å². The Morgan fingerprint density at radius 3 is 2.83 bits per heavy atom. The molecule has 0 aliphatic rings. The first kappa shape index (κ1) is 9.35. The third-order valence-corrected chi connectivity index (χ3v) is 2.55. The average molecular weight is 184 g/mol. The number of carbonyl (C=O) groups is 1. The van der Waals surface area contributed by atoms with Crippen LogP contribution in [-0.2, 0) is 0 Å². The summed E-state index contributed by atoms with van der Waals surface area (Å²) in [5, 5.41) is 0. The quantitative estimate of drug-likeness (QED) is 0.720. The van der Waals surface area contributed by atoms with Gasteiger partial charge < -0.3 is 5.73 Å². The van der Waals surface area contributed by atoms with E-state index in [-0.39, 0.29) is 5.78 Å². The number of nitrogens with zero attached hydrogens (tertiary/aromatic N) is 1. The van der Waals surface area contributed by atoms with Gasteiger partial charge in [-0.1, -0.05) is 13.8 Å². The van der Waals surface area contributed by atoms with Crippen LogP contribution in [0.1, 0.15) is 23.5 Å². The van der Waals surface area contributed by atoms with Crippen molar-refractivity contribution in [2.45, 2.75) is 13.8 Å². The standard InChI is InChI=1S/C8H12N2OS/c1-8(2,4-9)7(11)6-3-10-5-12-6/h3,5H,4,9H2,1-2H3. The van der Waals surface area contributed by atoms with E-state index in [0.29, 0.717) is 11.4 Å². The summed E-state index contributed by atoms with van der Waals surface area (Å²) in [4.78, 5) is 16.2. The molecule has 66 valence electrons. The van der Waals surface area contributed by atoms with E-state index in [0.717, 1.165) is 0 Å². The Bertz CT molecular complexity index is 267. The molecule has 1 heterocycles. The zero-order valence-corrected chi connectivity index (χ0v) is 8.02. The molecule has 1 aromatic heterocycles. The number of hydrogen-bond donors (Lipinski definition) is 1. The predicted molar refractivity (Wildman–Crippen MR) is 49.3 cm³/mol. The zero-order chi connectivity index (χ0) is 9.19. The minimum atomic E-state index is -0.466. The Labute approximate surface area is 75.6 Å². The maximum atomic E-state index is 11.6. The largest absolute Gasteiger partial charge is 0.329 e. The van der Waals surface area contributed by atoms with Crippen LogP contribution < -0.4 is 5.73 Å². The van der Waals surface area contributed by atoms with Gasteiger partial charge >= 0.3 is 0 Å². The first-order valence-corrected chi connectivity index (χ1v) is 4.59. The first-order chi connectivity index (χ1) is 5.58. The molecule has 0 fully saturated rings. The number of carbonyl (C=O) groups excluding carboxylic acids is 1. The van der Waals surface area contributed by atoms with Crippen molar-refractivity contribution < 1.29 is 4.79 Å². The maximum Gasteiger partial charge on any atom is 0.181 e. The summed E-state index contributed by atoms with van der Waals surface area (Å²) in [6.45, 7) is 4.05. The molecule has 0 unspecified atom stereocenters. The Morgan fingerprint density at radius 1 is 1.75 bits per heavy atom. The highest BCUT2D eigenvalue weighted by molar-refractivity contribution is 7.11. The molecule has 0 atom stereocenters. The average Bonchev–Trinajstić information content (AvgIpc) is 2.55. The number of thiazole rings is 1. The lowest BCUT2D eigenvalue weighted by Gasteiger charge is -2.18. The summed E-state index contributed by atoms with van der Waals surface area (Å²) >= 11 is 1.36. The molecular formula is C8H12N2OS. The second kappa shape index (κ2) is 3.33. The molecule has 0 aliphatic carbocycles. The fourth-order valence-corrected chi connectivity index (χ4v) is 1.49. The maximum absolute atomic E-state index is 11.6. The summed E-state index contributed by atoms with van der Waals surface area (Å²) in [6.07, 6.45) is 1.59. The molecule has 0 bridgehead atoms. The van der Waals surface area contributed by atoms with E-state index in [1.54, 1.807) is 11.7 Å². The van der Waals surface area contributed by atoms with Crippen LogP contribution in [-0.4, -0.2) is 17.3 Å². The van der Waals surface area contributed by atoms with Crippen molar-refractivity contribution in [1.29, 1.82) is 0 Å². The lowest BCUT2D eigenvalue weighted by molar-refractivity contribution is 0.0852. The zero-order valence-electron chi connectivity index (χ0n) is 7.20. The van der Waals surface area contributed by atoms with Gasteiger partial charge in [0.1, 0.15) is 0 Å². The molecule has 0 radical (unpaired) electrons. The molecule has 2 N–H and O–H groups in total. The van der Waals surface area contributed by atoms with Gasteiger partial charge in [-0.3, -0.25) is 9.78 Å². The van der Waals surface area contributed by atoms with Crippen LogP contribution in [0.3, 0.4) is 0 Å². The molecule has 1 rings (SSSR count). The second-order valence-electron chi connectivity index (χ2n) is 3.28. The summed E-state index contributed by atoms with van der Waals surface area (Å²) in [5.74, 6) is 0.0764. The Hall–Kier alpha value is -0.740. The number of ketones is 1. The third kappa shape index (κ3) is 1.70. The van der Waals surface area contributed by atoms with Gasteiger partial charge in [-0.15, -0.1) is 11.3 Å². The number of aromatic nitrogens is 1. The minimum absolute atomic E-state index is 0.0764. The first-order valence-electron chi connectivity index (χ1n) is 3.71. The highest BCUT2D eigenvalue weighted by atomic mass is 32.1. The van der Waals surface area contributed by atoms with Crippen molar-refractivity contribution in [3.63, 3.8) is 0 Å². The third-order valence-electron chi connectivity index (χ3n) is 1.78. The van der Waals surface area contributed by atoms with Crippen molar-refractivity contribution in [2.75, 3.05) is 6.54 Å². The van der Waals surface area contributed by atoms with Crippen molar-refractivity contribution in [2.24, 2.45) is 11.1 Å². The number of hydrogen-bond acceptors (Lipinski definition) is 4. The molecular weight excluding hydrogens is 172 g/mol. The topological polar surface area (TPSA) is 56.0 Å². The van der Waals surface area contributed by atoms with Gasteiger partial charge in [0.25, 0.3) is 0 Å². The van der Waals surface area contributed by atoms with Gasteiger partial charge in [0.05, 0.1) is 10.4 Å². The van der Waals surface area contributed by atoms with Crippen molar-refractivity contribution >= 4 is 17.1 Å². The van der Waals surface area contributed by atoms with Crippen LogP contribution >= 0.6 is 11.3 Å². The molecule has 0 saturated heterocycles. The monoisotopic (exact) mass is 184 g/mol. The summed E-state index contributed by atoms with van der Waals surface area (Å²) < 4.78 is 0. The van der Waals surface area contributed by atoms with E-state index in [1.165, 1.54) is 11.3 Å². The highest BCUT2D eigenvalue weighted by Gasteiger charge is 2.27.